The molecule has 218 valence electrons. The van der Waals surface area contributed by atoms with Crippen LogP contribution in [0.15, 0.2) is 60.7 Å². The lowest BCUT2D eigenvalue weighted by molar-refractivity contribution is -0.142. The summed E-state index contributed by atoms with van der Waals surface area (Å²) in [6, 6.07) is 14.8. The summed E-state index contributed by atoms with van der Waals surface area (Å²) in [6.07, 6.45) is 0.958. The number of hydrogen-bond acceptors (Lipinski definition) is 6. The molecule has 41 heavy (non-hydrogen) atoms. The first-order valence-corrected chi connectivity index (χ1v) is 13.5. The van der Waals surface area contributed by atoms with Crippen LogP contribution in [0.5, 0.6) is 0 Å². The number of ketones is 1. The SMILES string of the molecule is CCC[C@H](C(=O)C(=O)NCC(=O)N[C@H](C(=O)NC)c1ccccc1)C1C(C(N)=O)CCN1C(=O)Nc1ccccc1. The van der Waals surface area contributed by atoms with E-state index in [-0.39, 0.29) is 19.4 Å². The average Bonchev–Trinajstić information content (AvgIpc) is 3.43. The molecule has 1 aliphatic rings. The Morgan fingerprint density at radius 1 is 0.976 bits per heavy atom. The van der Waals surface area contributed by atoms with Crippen LogP contribution >= 0.6 is 0 Å². The first-order chi connectivity index (χ1) is 19.7. The molecule has 6 amide bonds. The van der Waals surface area contributed by atoms with Gasteiger partial charge in [0.1, 0.15) is 6.04 Å². The number of nitrogens with two attached hydrogens (primary N) is 1. The Morgan fingerprint density at radius 3 is 2.20 bits per heavy atom. The topological polar surface area (TPSA) is 180 Å². The van der Waals surface area contributed by atoms with Gasteiger partial charge in [0.25, 0.3) is 5.91 Å². The van der Waals surface area contributed by atoms with Crippen LogP contribution in [0, 0.1) is 11.8 Å². The average molecular weight is 565 g/mol. The summed E-state index contributed by atoms with van der Waals surface area (Å²) < 4.78 is 0. The minimum Gasteiger partial charge on any atom is -0.369 e. The van der Waals surface area contributed by atoms with E-state index in [9.17, 15) is 28.8 Å². The van der Waals surface area contributed by atoms with Gasteiger partial charge >= 0.3 is 6.03 Å². The Labute approximate surface area is 238 Å². The van der Waals surface area contributed by atoms with Crippen molar-refractivity contribution in [2.45, 2.75) is 38.3 Å². The van der Waals surface area contributed by atoms with Gasteiger partial charge in [-0.05, 0) is 30.5 Å². The molecule has 2 aromatic carbocycles. The van der Waals surface area contributed by atoms with Gasteiger partial charge in [0, 0.05) is 25.2 Å². The molecule has 2 aromatic rings. The number of likely N-dealkylation sites (N-methyl/N-ethyl adjacent to an activating group) is 1. The maximum Gasteiger partial charge on any atom is 0.322 e. The predicted molar refractivity (Wildman–Crippen MR) is 151 cm³/mol. The van der Waals surface area contributed by atoms with E-state index in [4.69, 9.17) is 5.73 Å². The summed E-state index contributed by atoms with van der Waals surface area (Å²) >= 11 is 0. The number of likely N-dealkylation sites (tertiary alicyclic amines) is 1. The fourth-order valence-electron chi connectivity index (χ4n) is 5.06. The van der Waals surface area contributed by atoms with Gasteiger partial charge in [0.15, 0.2) is 0 Å². The number of para-hydroxylation sites is 1. The van der Waals surface area contributed by atoms with Crippen molar-refractivity contribution in [3.05, 3.63) is 66.2 Å². The molecule has 0 spiro atoms. The second kappa shape index (κ2) is 14.6. The molecule has 0 aromatic heterocycles. The fourth-order valence-corrected chi connectivity index (χ4v) is 5.06. The largest absolute Gasteiger partial charge is 0.369 e. The van der Waals surface area contributed by atoms with Gasteiger partial charge in [0.05, 0.1) is 18.5 Å². The summed E-state index contributed by atoms with van der Waals surface area (Å²) in [6.45, 7) is 1.43. The minimum absolute atomic E-state index is 0.175. The molecule has 4 atom stereocenters. The van der Waals surface area contributed by atoms with Crippen LogP contribution in [0.4, 0.5) is 10.5 Å². The predicted octanol–water partition coefficient (Wildman–Crippen LogP) is 1.10. The molecule has 1 saturated heterocycles. The van der Waals surface area contributed by atoms with Crippen LogP contribution in [-0.2, 0) is 24.0 Å². The molecule has 6 N–H and O–H groups in total. The molecule has 0 radical (unpaired) electrons. The number of nitrogens with zero attached hydrogens (tertiary/aromatic N) is 1. The summed E-state index contributed by atoms with van der Waals surface area (Å²) in [5.74, 6) is -5.55. The van der Waals surface area contributed by atoms with Crippen molar-refractivity contribution in [3.63, 3.8) is 0 Å². The van der Waals surface area contributed by atoms with Crippen LogP contribution in [0.2, 0.25) is 0 Å². The maximum atomic E-state index is 13.4. The first-order valence-electron chi connectivity index (χ1n) is 13.5. The number of carbonyl (C=O) groups excluding carboxylic acids is 6. The smallest absolute Gasteiger partial charge is 0.322 e. The van der Waals surface area contributed by atoms with Crippen molar-refractivity contribution in [2.24, 2.45) is 17.6 Å². The van der Waals surface area contributed by atoms with E-state index in [1.165, 1.54) is 11.9 Å². The van der Waals surface area contributed by atoms with E-state index >= 15 is 0 Å². The molecular weight excluding hydrogens is 528 g/mol. The zero-order valence-electron chi connectivity index (χ0n) is 23.1. The second-order valence-electron chi connectivity index (χ2n) is 9.75. The molecule has 12 heteroatoms. The van der Waals surface area contributed by atoms with Gasteiger partial charge in [0.2, 0.25) is 23.5 Å². The van der Waals surface area contributed by atoms with Crippen molar-refractivity contribution in [3.8, 4) is 0 Å². The number of rotatable bonds is 12. The van der Waals surface area contributed by atoms with Gasteiger partial charge in [-0.2, -0.15) is 0 Å². The zero-order chi connectivity index (χ0) is 29.9. The van der Waals surface area contributed by atoms with Crippen molar-refractivity contribution < 1.29 is 28.8 Å². The number of Topliss-reactive ketones (excluding diaryl/α,β-unsaturated/α-hetero) is 1. The summed E-state index contributed by atoms with van der Waals surface area (Å²) in [4.78, 5) is 78.2. The number of amides is 6. The highest BCUT2D eigenvalue weighted by atomic mass is 16.2. The van der Waals surface area contributed by atoms with E-state index in [1.54, 1.807) is 60.7 Å². The molecule has 0 bridgehead atoms. The van der Waals surface area contributed by atoms with E-state index in [0.717, 1.165) is 0 Å². The Kier molecular flexibility index (Phi) is 11.0. The quantitative estimate of drug-likeness (QED) is 0.241. The maximum absolute atomic E-state index is 13.4. The lowest BCUT2D eigenvalue weighted by atomic mass is 9.82. The molecule has 3 rings (SSSR count). The van der Waals surface area contributed by atoms with Crippen molar-refractivity contribution in [2.75, 3.05) is 25.5 Å². The minimum atomic E-state index is -1.03. The van der Waals surface area contributed by atoms with E-state index in [1.807, 2.05) is 6.92 Å². The number of benzene rings is 2. The Bertz CT molecular complexity index is 1250. The molecule has 1 heterocycles. The number of urea groups is 1. The number of nitrogens with one attached hydrogen (secondary N) is 4. The number of primary amides is 1. The summed E-state index contributed by atoms with van der Waals surface area (Å²) in [5, 5.41) is 10.1. The van der Waals surface area contributed by atoms with Crippen LogP contribution < -0.4 is 27.0 Å². The monoisotopic (exact) mass is 564 g/mol. The van der Waals surface area contributed by atoms with Crippen molar-refractivity contribution >= 4 is 41.1 Å². The second-order valence-corrected chi connectivity index (χ2v) is 9.75. The van der Waals surface area contributed by atoms with Crippen LogP contribution in [0.25, 0.3) is 0 Å². The fraction of sp³-hybridized carbons (Fsp3) is 0.379. The van der Waals surface area contributed by atoms with Gasteiger partial charge in [-0.1, -0.05) is 61.9 Å². The summed E-state index contributed by atoms with van der Waals surface area (Å²) in [5.41, 5.74) is 6.72. The highest BCUT2D eigenvalue weighted by Crippen LogP contribution is 2.33. The summed E-state index contributed by atoms with van der Waals surface area (Å²) in [7, 11) is 1.44. The first kappa shape index (κ1) is 30.8. The van der Waals surface area contributed by atoms with Crippen LogP contribution in [0.1, 0.15) is 37.8 Å². The van der Waals surface area contributed by atoms with Crippen LogP contribution in [-0.4, -0.2) is 66.5 Å². The normalized spacial score (nSPS) is 17.6. The van der Waals surface area contributed by atoms with Gasteiger partial charge in [-0.15, -0.1) is 0 Å². The zero-order valence-corrected chi connectivity index (χ0v) is 23.1. The number of carbonyl (C=O) groups is 6. The third-order valence-electron chi connectivity index (χ3n) is 7.03. The highest BCUT2D eigenvalue weighted by Gasteiger charge is 2.47. The van der Waals surface area contributed by atoms with Crippen molar-refractivity contribution in [1.29, 1.82) is 0 Å². The van der Waals surface area contributed by atoms with Gasteiger partial charge < -0.3 is 31.9 Å². The molecule has 1 aliphatic heterocycles. The lowest BCUT2D eigenvalue weighted by Crippen LogP contribution is -2.52. The molecule has 1 fully saturated rings. The third kappa shape index (κ3) is 7.90. The third-order valence-corrected chi connectivity index (χ3v) is 7.03. The lowest BCUT2D eigenvalue weighted by Gasteiger charge is -2.33. The molecule has 12 nitrogen and oxygen atoms in total. The molecular formula is C29H36N6O6. The highest BCUT2D eigenvalue weighted by molar-refractivity contribution is 6.37. The van der Waals surface area contributed by atoms with E-state index in [2.05, 4.69) is 21.3 Å². The van der Waals surface area contributed by atoms with Gasteiger partial charge in [-0.3, -0.25) is 24.0 Å². The molecule has 2 unspecified atom stereocenters. The Balaban J connectivity index is 1.72. The van der Waals surface area contributed by atoms with E-state index < -0.39 is 65.9 Å². The molecule has 0 saturated carbocycles. The van der Waals surface area contributed by atoms with Gasteiger partial charge in [-0.25, -0.2) is 4.79 Å². The van der Waals surface area contributed by atoms with Crippen LogP contribution in [0.3, 0.4) is 0 Å². The Hall–Kier alpha value is -4.74. The number of anilines is 1. The number of hydrogen-bond donors (Lipinski definition) is 5. The molecule has 0 aliphatic carbocycles. The van der Waals surface area contributed by atoms with E-state index in [0.29, 0.717) is 17.7 Å². The standard InChI is InChI=1S/C29H36N6O6/c1-3-10-20(24-21(26(30)38)15-16-35(24)29(41)33-19-13-8-5-9-14-19)25(37)28(40)32-17-22(36)34-23(27(39)31-2)18-11-6-4-7-12-18/h4-9,11-14,20-21,23-24H,3,10,15-17H2,1-2H3,(H2,30,38)(H,31,39)(H,32,40)(H,33,41)(H,34,36)/t20-,21?,23-,24?/m0/s1. The van der Waals surface area contributed by atoms with Crippen molar-refractivity contribution in [1.82, 2.24) is 20.9 Å². The Morgan fingerprint density at radius 2 is 1.61 bits per heavy atom.